The van der Waals surface area contributed by atoms with Crippen LogP contribution in [0.2, 0.25) is 0 Å². The fourth-order valence-corrected chi connectivity index (χ4v) is 5.12. The van der Waals surface area contributed by atoms with Crippen LogP contribution in [0, 0.1) is 11.6 Å². The summed E-state index contributed by atoms with van der Waals surface area (Å²) in [5.74, 6) is -2.72. The molecule has 1 unspecified atom stereocenters. The highest BCUT2D eigenvalue weighted by Crippen LogP contribution is 2.39. The van der Waals surface area contributed by atoms with Gasteiger partial charge in [-0.05, 0) is 37.1 Å². The number of likely N-dealkylation sites (tertiary alicyclic amines) is 2. The first-order chi connectivity index (χ1) is 16.4. The van der Waals surface area contributed by atoms with Crippen LogP contribution in [0.5, 0.6) is 0 Å². The lowest BCUT2D eigenvalue weighted by molar-refractivity contribution is -0.136. The zero-order chi connectivity index (χ0) is 23.9. The van der Waals surface area contributed by atoms with Crippen LogP contribution >= 0.6 is 0 Å². The number of ether oxygens (including phenoxy) is 1. The minimum absolute atomic E-state index is 0.0579. The van der Waals surface area contributed by atoms with Crippen LogP contribution in [0.1, 0.15) is 46.6 Å². The topological polar surface area (TPSA) is 83.3 Å². The molecule has 180 valence electrons. The van der Waals surface area contributed by atoms with E-state index in [4.69, 9.17) is 9.15 Å². The Bertz CT molecular complexity index is 1090. The van der Waals surface area contributed by atoms with Gasteiger partial charge in [-0.15, -0.1) is 0 Å². The number of amides is 3. The minimum Gasteiger partial charge on any atom is -0.459 e. The summed E-state index contributed by atoms with van der Waals surface area (Å²) in [6.45, 7) is 1.72. The highest BCUT2D eigenvalue weighted by Gasteiger charge is 2.55. The molecule has 4 heterocycles. The van der Waals surface area contributed by atoms with E-state index < -0.39 is 35.2 Å². The number of hydrogen-bond acceptors (Lipinski definition) is 5. The van der Waals surface area contributed by atoms with Crippen LogP contribution in [-0.4, -0.2) is 77.0 Å². The van der Waals surface area contributed by atoms with E-state index in [-0.39, 0.29) is 49.8 Å². The third-order valence-electron chi connectivity index (χ3n) is 6.91. The van der Waals surface area contributed by atoms with Gasteiger partial charge < -0.3 is 19.0 Å². The monoisotopic (exact) mass is 473 g/mol. The Labute approximate surface area is 195 Å². The van der Waals surface area contributed by atoms with Gasteiger partial charge in [0.05, 0.1) is 18.4 Å². The molecule has 10 heteroatoms. The summed E-state index contributed by atoms with van der Waals surface area (Å²) < 4.78 is 38.9. The number of hydrogen-bond donors (Lipinski definition) is 0. The van der Waals surface area contributed by atoms with Gasteiger partial charge in [0.25, 0.3) is 11.8 Å². The van der Waals surface area contributed by atoms with E-state index in [1.165, 1.54) is 16.1 Å². The summed E-state index contributed by atoms with van der Waals surface area (Å²) in [5, 5.41) is 0. The quantitative estimate of drug-likeness (QED) is 0.685. The van der Waals surface area contributed by atoms with Crippen molar-refractivity contribution >= 4 is 17.7 Å². The average Bonchev–Trinajstić information content (AvgIpc) is 3.60. The summed E-state index contributed by atoms with van der Waals surface area (Å²) in [6, 6.07) is 5.21. The molecule has 0 saturated carbocycles. The second-order valence-corrected chi connectivity index (χ2v) is 8.87. The molecular formula is C24H25F2N3O5. The van der Waals surface area contributed by atoms with Crippen molar-refractivity contribution in [1.29, 1.82) is 0 Å². The van der Waals surface area contributed by atoms with Gasteiger partial charge in [-0.2, -0.15) is 0 Å². The first-order valence-corrected chi connectivity index (χ1v) is 11.4. The van der Waals surface area contributed by atoms with Crippen LogP contribution < -0.4 is 0 Å². The van der Waals surface area contributed by atoms with Crippen LogP contribution in [-0.2, 0) is 9.53 Å². The highest BCUT2D eigenvalue weighted by molar-refractivity contribution is 5.97. The summed E-state index contributed by atoms with van der Waals surface area (Å²) in [6.07, 6.45) is 3.74. The molecule has 0 radical (unpaired) electrons. The van der Waals surface area contributed by atoms with Gasteiger partial charge in [0.15, 0.2) is 5.76 Å². The molecule has 3 aliphatic rings. The van der Waals surface area contributed by atoms with E-state index in [9.17, 15) is 23.2 Å². The maximum absolute atomic E-state index is 14.1. The van der Waals surface area contributed by atoms with Crippen LogP contribution in [0.4, 0.5) is 8.78 Å². The molecule has 3 fully saturated rings. The van der Waals surface area contributed by atoms with Crippen LogP contribution in [0.25, 0.3) is 0 Å². The predicted molar refractivity (Wildman–Crippen MR) is 115 cm³/mol. The number of furan rings is 1. The van der Waals surface area contributed by atoms with Crippen molar-refractivity contribution < 1.29 is 32.3 Å². The predicted octanol–water partition coefficient (Wildman–Crippen LogP) is 2.65. The molecule has 1 atom stereocenters. The maximum atomic E-state index is 14.1. The Morgan fingerprint density at radius 2 is 1.68 bits per heavy atom. The van der Waals surface area contributed by atoms with Gasteiger partial charge in [0, 0.05) is 45.1 Å². The molecule has 0 N–H and O–H groups in total. The van der Waals surface area contributed by atoms with E-state index in [1.54, 1.807) is 17.0 Å². The molecular weight excluding hydrogens is 448 g/mol. The number of carbonyl (C=O) groups is 3. The molecule has 2 aromatic rings. The van der Waals surface area contributed by atoms with Crippen molar-refractivity contribution in [3.8, 4) is 0 Å². The lowest BCUT2D eigenvalue weighted by atomic mass is 9.96. The van der Waals surface area contributed by atoms with Crippen molar-refractivity contribution in [2.45, 2.75) is 37.5 Å². The zero-order valence-corrected chi connectivity index (χ0v) is 18.5. The van der Waals surface area contributed by atoms with Crippen molar-refractivity contribution in [2.75, 3.05) is 32.8 Å². The second kappa shape index (κ2) is 8.83. The van der Waals surface area contributed by atoms with Crippen molar-refractivity contribution in [1.82, 2.24) is 14.7 Å². The van der Waals surface area contributed by atoms with Gasteiger partial charge in [-0.25, -0.2) is 8.78 Å². The number of rotatable bonds is 3. The number of carbonyl (C=O) groups excluding carboxylic acids is 3. The minimum atomic E-state index is -1.08. The Hall–Kier alpha value is -3.27. The van der Waals surface area contributed by atoms with E-state index in [0.717, 1.165) is 25.0 Å². The summed E-state index contributed by atoms with van der Waals surface area (Å²) >= 11 is 0. The highest BCUT2D eigenvalue weighted by atomic mass is 19.1. The SMILES string of the molecule is O=C(c1ccc(F)cc1F)N1CCC2(CC1)OCC(C(=O)N1CCCC1)N2C(=O)c1ccco1. The van der Waals surface area contributed by atoms with Gasteiger partial charge in [0.2, 0.25) is 5.91 Å². The normalized spacial score (nSPS) is 21.9. The second-order valence-electron chi connectivity index (χ2n) is 8.87. The molecule has 3 amide bonds. The van der Waals surface area contributed by atoms with Gasteiger partial charge >= 0.3 is 0 Å². The average molecular weight is 473 g/mol. The zero-order valence-electron chi connectivity index (χ0n) is 18.5. The fourth-order valence-electron chi connectivity index (χ4n) is 5.12. The Morgan fingerprint density at radius 3 is 2.32 bits per heavy atom. The van der Waals surface area contributed by atoms with E-state index in [1.807, 2.05) is 0 Å². The number of benzene rings is 1. The molecule has 0 bridgehead atoms. The summed E-state index contributed by atoms with van der Waals surface area (Å²) in [5.41, 5.74) is -1.29. The molecule has 8 nitrogen and oxygen atoms in total. The molecule has 3 saturated heterocycles. The molecule has 34 heavy (non-hydrogen) atoms. The third kappa shape index (κ3) is 3.85. The molecule has 1 aromatic carbocycles. The molecule has 3 aliphatic heterocycles. The standard InChI is InChI=1S/C24H25F2N3O5/c25-16-5-6-17(18(26)14-16)21(30)28-11-7-24(8-12-28)29(23(32)20-4-3-13-33-20)19(15-34-24)22(31)27-9-1-2-10-27/h3-6,13-14,19H,1-2,7-12,15H2. The van der Waals surface area contributed by atoms with Gasteiger partial charge in [0.1, 0.15) is 23.4 Å². The largest absolute Gasteiger partial charge is 0.459 e. The molecule has 1 aromatic heterocycles. The fraction of sp³-hybridized carbons (Fsp3) is 0.458. The van der Waals surface area contributed by atoms with Crippen LogP contribution in [0.3, 0.4) is 0 Å². The maximum Gasteiger partial charge on any atom is 0.292 e. The number of nitrogens with zero attached hydrogens (tertiary/aromatic N) is 3. The molecule has 1 spiro atoms. The molecule has 0 aliphatic carbocycles. The lowest BCUT2D eigenvalue weighted by Crippen LogP contribution is -2.60. The van der Waals surface area contributed by atoms with E-state index in [2.05, 4.69) is 0 Å². The van der Waals surface area contributed by atoms with Crippen molar-refractivity contribution in [2.24, 2.45) is 0 Å². The van der Waals surface area contributed by atoms with Gasteiger partial charge in [-0.3, -0.25) is 19.3 Å². The first kappa shape index (κ1) is 22.5. The number of halogens is 2. The third-order valence-corrected chi connectivity index (χ3v) is 6.91. The Kier molecular flexibility index (Phi) is 5.85. The molecule has 5 rings (SSSR count). The van der Waals surface area contributed by atoms with E-state index in [0.29, 0.717) is 19.2 Å². The van der Waals surface area contributed by atoms with E-state index >= 15 is 0 Å². The first-order valence-electron chi connectivity index (χ1n) is 11.4. The lowest BCUT2D eigenvalue weighted by Gasteiger charge is -2.44. The summed E-state index contributed by atoms with van der Waals surface area (Å²) in [4.78, 5) is 44.2. The van der Waals surface area contributed by atoms with Crippen LogP contribution in [0.15, 0.2) is 41.0 Å². The Morgan fingerprint density at radius 1 is 0.941 bits per heavy atom. The van der Waals surface area contributed by atoms with Crippen molar-refractivity contribution in [3.63, 3.8) is 0 Å². The van der Waals surface area contributed by atoms with Gasteiger partial charge in [-0.1, -0.05) is 0 Å². The Balaban J connectivity index is 1.37. The smallest absolute Gasteiger partial charge is 0.292 e. The van der Waals surface area contributed by atoms with Crippen molar-refractivity contribution in [3.05, 3.63) is 59.6 Å². The number of piperidine rings is 1. The summed E-state index contributed by atoms with van der Waals surface area (Å²) in [7, 11) is 0.